The molecule has 0 saturated carbocycles. The Labute approximate surface area is 85.6 Å². The zero-order valence-electron chi connectivity index (χ0n) is 8.68. The van der Waals surface area contributed by atoms with Crippen molar-refractivity contribution in [2.45, 2.75) is 38.6 Å². The third kappa shape index (κ3) is 4.03. The molecule has 0 amide bonds. The first-order valence-electron chi connectivity index (χ1n) is 5.15. The molecule has 0 radical (unpaired) electrons. The van der Waals surface area contributed by atoms with Crippen molar-refractivity contribution >= 4 is 17.6 Å². The van der Waals surface area contributed by atoms with Crippen molar-refractivity contribution in [2.75, 3.05) is 18.6 Å². The highest BCUT2D eigenvalue weighted by molar-refractivity contribution is 7.98. The Hall–Kier alpha value is -0.180. The second-order valence-electron chi connectivity index (χ2n) is 3.49. The summed E-state index contributed by atoms with van der Waals surface area (Å²) < 4.78 is 0. The van der Waals surface area contributed by atoms with Crippen LogP contribution >= 0.6 is 11.8 Å². The SMILES string of the molecule is CCC(CSC)NC1=NCCCC1. The van der Waals surface area contributed by atoms with E-state index in [1.54, 1.807) is 0 Å². The number of thioether (sulfide) groups is 1. The van der Waals surface area contributed by atoms with Crippen LogP contribution in [-0.2, 0) is 0 Å². The molecule has 0 spiro atoms. The summed E-state index contributed by atoms with van der Waals surface area (Å²) in [5.74, 6) is 2.43. The van der Waals surface area contributed by atoms with Gasteiger partial charge in [-0.3, -0.25) is 4.99 Å². The molecule has 1 rings (SSSR count). The zero-order valence-corrected chi connectivity index (χ0v) is 9.49. The van der Waals surface area contributed by atoms with E-state index in [0.29, 0.717) is 6.04 Å². The number of amidine groups is 1. The van der Waals surface area contributed by atoms with E-state index in [1.165, 1.54) is 30.9 Å². The number of nitrogens with zero attached hydrogens (tertiary/aromatic N) is 1. The second kappa shape index (κ2) is 6.30. The number of nitrogens with one attached hydrogen (secondary N) is 1. The summed E-state index contributed by atoms with van der Waals surface area (Å²) in [6.07, 6.45) is 7.09. The standard InChI is InChI=1S/C10H20N2S/c1-3-9(8-13-2)12-10-6-4-5-7-11-10/h9H,3-8H2,1-2H3,(H,11,12). The van der Waals surface area contributed by atoms with E-state index in [4.69, 9.17) is 0 Å². The molecule has 1 heterocycles. The van der Waals surface area contributed by atoms with Gasteiger partial charge in [-0.2, -0.15) is 11.8 Å². The Morgan fingerprint density at radius 3 is 2.92 bits per heavy atom. The van der Waals surface area contributed by atoms with Gasteiger partial charge in [0.15, 0.2) is 0 Å². The Morgan fingerprint density at radius 1 is 1.54 bits per heavy atom. The van der Waals surface area contributed by atoms with E-state index in [-0.39, 0.29) is 0 Å². The first-order chi connectivity index (χ1) is 6.36. The first-order valence-corrected chi connectivity index (χ1v) is 6.55. The summed E-state index contributed by atoms with van der Waals surface area (Å²) in [4.78, 5) is 4.50. The highest BCUT2D eigenvalue weighted by Gasteiger charge is 2.09. The van der Waals surface area contributed by atoms with E-state index in [0.717, 1.165) is 13.0 Å². The molecule has 0 aromatic carbocycles. The molecular weight excluding hydrogens is 180 g/mol. The van der Waals surface area contributed by atoms with Crippen LogP contribution in [0.15, 0.2) is 4.99 Å². The van der Waals surface area contributed by atoms with Gasteiger partial charge in [0.2, 0.25) is 0 Å². The second-order valence-corrected chi connectivity index (χ2v) is 4.40. The molecule has 13 heavy (non-hydrogen) atoms. The minimum Gasteiger partial charge on any atom is -0.370 e. The quantitative estimate of drug-likeness (QED) is 0.753. The topological polar surface area (TPSA) is 24.4 Å². The molecule has 0 aliphatic carbocycles. The first kappa shape index (κ1) is 10.9. The van der Waals surface area contributed by atoms with Crippen LogP contribution in [0.3, 0.4) is 0 Å². The van der Waals surface area contributed by atoms with E-state index in [9.17, 15) is 0 Å². The number of hydrogen-bond donors (Lipinski definition) is 1. The van der Waals surface area contributed by atoms with Crippen molar-refractivity contribution in [3.8, 4) is 0 Å². The van der Waals surface area contributed by atoms with Crippen molar-refractivity contribution in [1.29, 1.82) is 0 Å². The predicted octanol–water partition coefficient (Wildman–Crippen LogP) is 2.30. The van der Waals surface area contributed by atoms with Gasteiger partial charge in [-0.05, 0) is 25.5 Å². The molecule has 0 bridgehead atoms. The molecule has 0 aromatic heterocycles. The van der Waals surface area contributed by atoms with Crippen molar-refractivity contribution in [1.82, 2.24) is 5.32 Å². The Kier molecular flexibility index (Phi) is 5.28. The van der Waals surface area contributed by atoms with E-state index >= 15 is 0 Å². The van der Waals surface area contributed by atoms with Gasteiger partial charge in [-0.25, -0.2) is 0 Å². The van der Waals surface area contributed by atoms with Crippen LogP contribution in [0.1, 0.15) is 32.6 Å². The summed E-state index contributed by atoms with van der Waals surface area (Å²) in [7, 11) is 0. The summed E-state index contributed by atoms with van der Waals surface area (Å²) >= 11 is 1.91. The molecule has 0 fully saturated rings. The molecule has 1 unspecified atom stereocenters. The molecular formula is C10H20N2S. The van der Waals surface area contributed by atoms with Crippen molar-refractivity contribution in [3.05, 3.63) is 0 Å². The average molecular weight is 200 g/mol. The summed E-state index contributed by atoms with van der Waals surface area (Å²) in [5.41, 5.74) is 0. The highest BCUT2D eigenvalue weighted by Crippen LogP contribution is 2.07. The van der Waals surface area contributed by atoms with Crippen molar-refractivity contribution in [2.24, 2.45) is 4.99 Å². The van der Waals surface area contributed by atoms with E-state index in [1.807, 2.05) is 11.8 Å². The lowest BCUT2D eigenvalue weighted by Gasteiger charge is -2.20. The highest BCUT2D eigenvalue weighted by atomic mass is 32.2. The summed E-state index contributed by atoms with van der Waals surface area (Å²) in [6, 6.07) is 0.617. The number of hydrogen-bond acceptors (Lipinski definition) is 3. The average Bonchev–Trinajstić information content (AvgIpc) is 2.19. The van der Waals surface area contributed by atoms with Crippen LogP contribution < -0.4 is 5.32 Å². The van der Waals surface area contributed by atoms with Gasteiger partial charge in [0.05, 0.1) is 5.84 Å². The van der Waals surface area contributed by atoms with Gasteiger partial charge in [-0.15, -0.1) is 0 Å². The molecule has 1 atom stereocenters. The molecule has 0 saturated heterocycles. The van der Waals surface area contributed by atoms with Crippen LogP contribution in [-0.4, -0.2) is 30.4 Å². The lowest BCUT2D eigenvalue weighted by atomic mass is 10.1. The zero-order chi connectivity index (χ0) is 9.52. The smallest absolute Gasteiger partial charge is 0.0965 e. The van der Waals surface area contributed by atoms with E-state index in [2.05, 4.69) is 23.5 Å². The fourth-order valence-corrected chi connectivity index (χ4v) is 2.23. The summed E-state index contributed by atoms with van der Waals surface area (Å²) in [6.45, 7) is 3.26. The third-order valence-electron chi connectivity index (χ3n) is 2.36. The molecule has 2 nitrogen and oxygen atoms in total. The van der Waals surface area contributed by atoms with Crippen LogP contribution in [0.4, 0.5) is 0 Å². The molecule has 1 N–H and O–H groups in total. The van der Waals surface area contributed by atoms with Gasteiger partial charge >= 0.3 is 0 Å². The lowest BCUT2D eigenvalue weighted by Crippen LogP contribution is -2.37. The normalized spacial score (nSPS) is 19.4. The maximum absolute atomic E-state index is 4.50. The van der Waals surface area contributed by atoms with Crippen LogP contribution in [0.25, 0.3) is 0 Å². The predicted molar refractivity (Wildman–Crippen MR) is 61.7 cm³/mol. The molecule has 0 aromatic rings. The number of aliphatic imine (C=N–C) groups is 1. The Bertz CT molecular complexity index is 168. The van der Waals surface area contributed by atoms with Gasteiger partial charge in [-0.1, -0.05) is 6.92 Å². The molecule has 3 heteroatoms. The molecule has 1 aliphatic rings. The van der Waals surface area contributed by atoms with E-state index < -0.39 is 0 Å². The van der Waals surface area contributed by atoms with Gasteiger partial charge in [0.1, 0.15) is 0 Å². The van der Waals surface area contributed by atoms with Crippen molar-refractivity contribution < 1.29 is 0 Å². The van der Waals surface area contributed by atoms with Gasteiger partial charge in [0, 0.05) is 24.8 Å². The van der Waals surface area contributed by atoms with Crippen LogP contribution in [0.2, 0.25) is 0 Å². The molecule has 76 valence electrons. The van der Waals surface area contributed by atoms with Crippen molar-refractivity contribution in [3.63, 3.8) is 0 Å². The maximum Gasteiger partial charge on any atom is 0.0965 e. The summed E-state index contributed by atoms with van der Waals surface area (Å²) in [5, 5.41) is 3.54. The Balaban J connectivity index is 2.31. The Morgan fingerprint density at radius 2 is 2.38 bits per heavy atom. The monoisotopic (exact) mass is 200 g/mol. The minimum absolute atomic E-state index is 0.617. The number of rotatable bonds is 4. The van der Waals surface area contributed by atoms with Gasteiger partial charge in [0.25, 0.3) is 0 Å². The van der Waals surface area contributed by atoms with Crippen LogP contribution in [0, 0.1) is 0 Å². The third-order valence-corrected chi connectivity index (χ3v) is 3.09. The lowest BCUT2D eigenvalue weighted by molar-refractivity contribution is 0.620. The largest absolute Gasteiger partial charge is 0.370 e. The fourth-order valence-electron chi connectivity index (χ4n) is 1.51. The molecule has 1 aliphatic heterocycles. The van der Waals surface area contributed by atoms with Crippen LogP contribution in [0.5, 0.6) is 0 Å². The van der Waals surface area contributed by atoms with Gasteiger partial charge < -0.3 is 5.32 Å². The fraction of sp³-hybridized carbons (Fsp3) is 0.900. The maximum atomic E-state index is 4.50. The minimum atomic E-state index is 0.617.